The van der Waals surface area contributed by atoms with Crippen LogP contribution in [0.25, 0.3) is 0 Å². The minimum Gasteiger partial charge on any atom is -0.332 e. The molecule has 29 heavy (non-hydrogen) atoms. The van der Waals surface area contributed by atoms with Crippen molar-refractivity contribution in [2.24, 2.45) is 5.41 Å². The number of rotatable bonds is 8. The summed E-state index contributed by atoms with van der Waals surface area (Å²) in [6, 6.07) is 8.16. The maximum Gasteiger partial charge on any atom is 0.242 e. The van der Waals surface area contributed by atoms with E-state index >= 15 is 0 Å². The molecule has 0 unspecified atom stereocenters. The van der Waals surface area contributed by atoms with Crippen molar-refractivity contribution in [3.63, 3.8) is 0 Å². The molecule has 0 saturated carbocycles. The summed E-state index contributed by atoms with van der Waals surface area (Å²) in [6.07, 6.45) is 1.63. The molecule has 0 aliphatic carbocycles. The number of thiophene rings is 1. The van der Waals surface area contributed by atoms with E-state index in [1.165, 1.54) is 17.0 Å². The molecule has 2 amide bonds. The van der Waals surface area contributed by atoms with Crippen LogP contribution in [0.15, 0.2) is 48.4 Å². The normalized spacial score (nSPS) is 11.2. The molecule has 0 bridgehead atoms. The van der Waals surface area contributed by atoms with Crippen LogP contribution in [-0.2, 0) is 22.7 Å². The molecule has 0 aliphatic rings. The quantitative estimate of drug-likeness (QED) is 0.581. The van der Waals surface area contributed by atoms with Gasteiger partial charge in [-0.05, 0) is 41.6 Å². The Balaban J connectivity index is 2.24. The number of nitrogens with zero attached hydrogens (tertiary/aromatic N) is 2. The topological polar surface area (TPSA) is 40.6 Å². The molecule has 1 heterocycles. The number of hydrogen-bond donors (Lipinski definition) is 0. The first-order valence-electron chi connectivity index (χ1n) is 9.57. The molecule has 0 fully saturated rings. The molecule has 4 nitrogen and oxygen atoms in total. The van der Waals surface area contributed by atoms with Crippen LogP contribution in [-0.4, -0.2) is 34.7 Å². The molecule has 0 saturated heterocycles. The summed E-state index contributed by atoms with van der Waals surface area (Å²) in [5, 5.41) is 2.00. The number of halogens is 1. The van der Waals surface area contributed by atoms with E-state index in [1.54, 1.807) is 34.4 Å². The van der Waals surface area contributed by atoms with Crippen LogP contribution in [0.1, 0.15) is 36.8 Å². The highest BCUT2D eigenvalue weighted by Gasteiger charge is 2.29. The van der Waals surface area contributed by atoms with Gasteiger partial charge in [-0.3, -0.25) is 9.59 Å². The zero-order chi connectivity index (χ0) is 21.6. The fraction of sp³-hybridized carbons (Fsp3) is 0.391. The van der Waals surface area contributed by atoms with E-state index in [0.29, 0.717) is 19.6 Å². The van der Waals surface area contributed by atoms with E-state index in [9.17, 15) is 14.0 Å². The fourth-order valence-corrected chi connectivity index (χ4v) is 3.82. The Hall–Kier alpha value is -2.47. The Morgan fingerprint density at radius 2 is 1.76 bits per heavy atom. The van der Waals surface area contributed by atoms with Gasteiger partial charge < -0.3 is 9.80 Å². The minimum absolute atomic E-state index is 0.0201. The summed E-state index contributed by atoms with van der Waals surface area (Å²) in [7, 11) is 0. The molecule has 1 aromatic heterocycles. The van der Waals surface area contributed by atoms with Crippen LogP contribution in [0.3, 0.4) is 0 Å². The van der Waals surface area contributed by atoms with Gasteiger partial charge in [-0.1, -0.05) is 39.0 Å². The van der Waals surface area contributed by atoms with Crippen molar-refractivity contribution >= 4 is 23.2 Å². The first-order chi connectivity index (χ1) is 13.6. The van der Waals surface area contributed by atoms with Gasteiger partial charge >= 0.3 is 0 Å². The molecule has 0 aliphatic heterocycles. The van der Waals surface area contributed by atoms with E-state index in [-0.39, 0.29) is 24.2 Å². The maximum absolute atomic E-state index is 13.3. The Morgan fingerprint density at radius 3 is 2.28 bits per heavy atom. The Labute approximate surface area is 176 Å². The highest BCUT2D eigenvalue weighted by molar-refractivity contribution is 7.10. The second-order valence-electron chi connectivity index (χ2n) is 8.13. The number of aryl methyl sites for hydroxylation is 1. The predicted octanol–water partition coefficient (Wildman–Crippen LogP) is 4.79. The van der Waals surface area contributed by atoms with Crippen LogP contribution in [0.2, 0.25) is 0 Å². The van der Waals surface area contributed by atoms with E-state index in [2.05, 4.69) is 6.58 Å². The van der Waals surface area contributed by atoms with Gasteiger partial charge in [0.1, 0.15) is 12.4 Å². The lowest BCUT2D eigenvalue weighted by Crippen LogP contribution is -2.46. The Bertz CT molecular complexity index is 853. The average Bonchev–Trinajstić information content (AvgIpc) is 3.05. The molecular formula is C23H29FN2O2S. The predicted molar refractivity (Wildman–Crippen MR) is 116 cm³/mol. The van der Waals surface area contributed by atoms with Gasteiger partial charge in [-0.25, -0.2) is 4.39 Å². The van der Waals surface area contributed by atoms with Crippen molar-refractivity contribution in [2.45, 2.75) is 40.8 Å². The lowest BCUT2D eigenvalue weighted by Gasteiger charge is -2.31. The summed E-state index contributed by atoms with van der Waals surface area (Å²) >= 11 is 1.60. The Kier molecular flexibility index (Phi) is 7.73. The molecule has 1 aromatic carbocycles. The van der Waals surface area contributed by atoms with Gasteiger partial charge in [0.25, 0.3) is 0 Å². The van der Waals surface area contributed by atoms with Crippen molar-refractivity contribution < 1.29 is 14.0 Å². The van der Waals surface area contributed by atoms with E-state index < -0.39 is 5.41 Å². The van der Waals surface area contributed by atoms with Crippen LogP contribution >= 0.6 is 11.3 Å². The van der Waals surface area contributed by atoms with Gasteiger partial charge in [0.05, 0.1) is 6.54 Å². The molecule has 6 heteroatoms. The monoisotopic (exact) mass is 416 g/mol. The highest BCUT2D eigenvalue weighted by Crippen LogP contribution is 2.21. The van der Waals surface area contributed by atoms with E-state index in [0.717, 1.165) is 16.0 Å². The van der Waals surface area contributed by atoms with Gasteiger partial charge in [0.15, 0.2) is 0 Å². The second kappa shape index (κ2) is 9.83. The van der Waals surface area contributed by atoms with Crippen molar-refractivity contribution in [1.29, 1.82) is 0 Å². The van der Waals surface area contributed by atoms with Crippen molar-refractivity contribution in [1.82, 2.24) is 9.80 Å². The van der Waals surface area contributed by atoms with Crippen molar-refractivity contribution in [2.75, 3.05) is 13.1 Å². The SMILES string of the molecule is C=CCN(CC(=O)N(Cc1ccc(F)cc1)Cc1sccc1C)C(=O)C(C)(C)C. The maximum atomic E-state index is 13.3. The first kappa shape index (κ1) is 22.8. The van der Waals surface area contributed by atoms with Crippen LogP contribution < -0.4 is 0 Å². The summed E-state index contributed by atoms with van der Waals surface area (Å²) in [5.74, 6) is -0.560. The summed E-state index contributed by atoms with van der Waals surface area (Å²) < 4.78 is 13.3. The summed E-state index contributed by atoms with van der Waals surface area (Å²) in [5.41, 5.74) is 1.38. The molecule has 2 rings (SSSR count). The zero-order valence-electron chi connectivity index (χ0n) is 17.6. The molecule has 0 atom stereocenters. The van der Waals surface area contributed by atoms with Crippen LogP contribution in [0.5, 0.6) is 0 Å². The van der Waals surface area contributed by atoms with Crippen LogP contribution in [0.4, 0.5) is 4.39 Å². The number of carbonyl (C=O) groups is 2. The largest absolute Gasteiger partial charge is 0.332 e. The third-order valence-electron chi connectivity index (χ3n) is 4.55. The summed E-state index contributed by atoms with van der Waals surface area (Å²) in [4.78, 5) is 30.3. The molecule has 0 N–H and O–H groups in total. The summed E-state index contributed by atoms with van der Waals surface area (Å²) in [6.45, 7) is 12.3. The van der Waals surface area contributed by atoms with Crippen molar-refractivity contribution in [3.05, 3.63) is 70.2 Å². The third kappa shape index (κ3) is 6.53. The molecule has 2 aromatic rings. The van der Waals surface area contributed by atoms with E-state index in [4.69, 9.17) is 0 Å². The molecular weight excluding hydrogens is 387 g/mol. The standard InChI is InChI=1S/C23H29FN2O2S/c1-6-12-25(22(28)23(3,4)5)16-21(27)26(15-20-17(2)11-13-29-20)14-18-7-9-19(24)10-8-18/h6-11,13H,1,12,14-16H2,2-5H3. The average molecular weight is 417 g/mol. The second-order valence-corrected chi connectivity index (χ2v) is 9.13. The zero-order valence-corrected chi connectivity index (χ0v) is 18.4. The smallest absolute Gasteiger partial charge is 0.242 e. The minimum atomic E-state index is -0.588. The third-order valence-corrected chi connectivity index (χ3v) is 5.55. The lowest BCUT2D eigenvalue weighted by molar-refractivity contribution is -0.145. The Morgan fingerprint density at radius 1 is 1.10 bits per heavy atom. The van der Waals surface area contributed by atoms with Gasteiger partial charge in [0, 0.05) is 23.4 Å². The van der Waals surface area contributed by atoms with Gasteiger partial charge in [-0.2, -0.15) is 0 Å². The fourth-order valence-electron chi connectivity index (χ4n) is 2.89. The first-order valence-corrected chi connectivity index (χ1v) is 10.4. The number of amides is 2. The van der Waals surface area contributed by atoms with Crippen molar-refractivity contribution in [3.8, 4) is 0 Å². The number of carbonyl (C=O) groups excluding carboxylic acids is 2. The van der Waals surface area contributed by atoms with Crippen LogP contribution in [0, 0.1) is 18.2 Å². The van der Waals surface area contributed by atoms with E-state index in [1.807, 2.05) is 39.1 Å². The van der Waals surface area contributed by atoms with Gasteiger partial charge in [-0.15, -0.1) is 17.9 Å². The molecule has 156 valence electrons. The lowest BCUT2D eigenvalue weighted by atomic mass is 9.94. The highest BCUT2D eigenvalue weighted by atomic mass is 32.1. The number of hydrogen-bond acceptors (Lipinski definition) is 3. The molecule has 0 spiro atoms. The van der Waals surface area contributed by atoms with Gasteiger partial charge in [0.2, 0.25) is 11.8 Å². The number of benzene rings is 1. The molecule has 0 radical (unpaired) electrons.